The van der Waals surface area contributed by atoms with Gasteiger partial charge in [-0.15, -0.1) is 8.20 Å². The molecule has 2 aliphatic rings. The lowest BCUT2D eigenvalue weighted by Gasteiger charge is -2.33. The third-order valence-corrected chi connectivity index (χ3v) is 8.16. The van der Waals surface area contributed by atoms with Crippen molar-refractivity contribution in [2.24, 2.45) is 0 Å². The van der Waals surface area contributed by atoms with Gasteiger partial charge >= 0.3 is 0 Å². The second-order valence-electron chi connectivity index (χ2n) is 11.7. The molecule has 5 rings (SSSR count). The van der Waals surface area contributed by atoms with Crippen LogP contribution in [0.5, 0.6) is 0 Å². The van der Waals surface area contributed by atoms with Crippen LogP contribution in [-0.4, -0.2) is 12.5 Å². The standard InChI is InChI=1S/C33H35P/c1-9-23-24-12-10-11-13-27(24)33(30(23)20-34-8)28-18-21(31(2,3)4)14-16-25(28)26-17-15-22(19-29(26)33)32(5,6)7/h9-20H,1H2,2-8H3. The lowest BCUT2D eigenvalue weighted by Crippen LogP contribution is -2.29. The van der Waals surface area contributed by atoms with Gasteiger partial charge in [-0.05, 0) is 78.9 Å². The van der Waals surface area contributed by atoms with E-state index in [0.717, 1.165) is 0 Å². The van der Waals surface area contributed by atoms with Crippen molar-refractivity contribution in [1.82, 2.24) is 0 Å². The van der Waals surface area contributed by atoms with Crippen LogP contribution < -0.4 is 0 Å². The number of hydrogen-bond acceptors (Lipinski definition) is 0. The molecule has 3 aromatic rings. The maximum absolute atomic E-state index is 4.27. The monoisotopic (exact) mass is 462 g/mol. The molecule has 3 aromatic carbocycles. The highest BCUT2D eigenvalue weighted by molar-refractivity contribution is 7.38. The lowest BCUT2D eigenvalue weighted by atomic mass is 9.68. The largest absolute Gasteiger partial charge is 0.108 e. The summed E-state index contributed by atoms with van der Waals surface area (Å²) in [5.74, 6) is 2.42. The molecule has 0 aliphatic heterocycles. The Morgan fingerprint density at radius 2 is 1.24 bits per heavy atom. The molecular weight excluding hydrogens is 427 g/mol. The van der Waals surface area contributed by atoms with Crippen LogP contribution in [0.4, 0.5) is 0 Å². The second-order valence-corrected chi connectivity index (χ2v) is 12.5. The van der Waals surface area contributed by atoms with Crippen molar-refractivity contribution in [3.05, 3.63) is 112 Å². The summed E-state index contributed by atoms with van der Waals surface area (Å²) in [6, 6.07) is 23.4. The summed E-state index contributed by atoms with van der Waals surface area (Å²) in [6.45, 7) is 20.4. The van der Waals surface area contributed by atoms with E-state index in [9.17, 15) is 0 Å². The summed E-state index contributed by atoms with van der Waals surface area (Å²) in [6.07, 6.45) is 2.07. The van der Waals surface area contributed by atoms with Crippen LogP contribution in [0.2, 0.25) is 0 Å². The second kappa shape index (κ2) is 7.66. The van der Waals surface area contributed by atoms with Gasteiger partial charge in [0.2, 0.25) is 0 Å². The Kier molecular flexibility index (Phi) is 5.20. The molecule has 172 valence electrons. The van der Waals surface area contributed by atoms with E-state index in [4.69, 9.17) is 0 Å². The van der Waals surface area contributed by atoms with Crippen molar-refractivity contribution in [1.29, 1.82) is 0 Å². The van der Waals surface area contributed by atoms with Crippen molar-refractivity contribution >= 4 is 19.6 Å². The Hall–Kier alpha value is -2.69. The van der Waals surface area contributed by atoms with Crippen molar-refractivity contribution in [2.75, 3.05) is 6.66 Å². The van der Waals surface area contributed by atoms with Crippen LogP contribution in [0.25, 0.3) is 16.7 Å². The van der Waals surface area contributed by atoms with Crippen molar-refractivity contribution in [3.63, 3.8) is 0 Å². The molecule has 0 N–H and O–H groups in total. The van der Waals surface area contributed by atoms with E-state index in [-0.39, 0.29) is 16.2 Å². The first-order chi connectivity index (χ1) is 16.0. The highest BCUT2D eigenvalue weighted by Crippen LogP contribution is 2.62. The Labute approximate surface area is 207 Å². The van der Waals surface area contributed by atoms with Gasteiger partial charge in [0.05, 0.1) is 5.41 Å². The average molecular weight is 463 g/mol. The normalized spacial score (nSPS) is 16.2. The maximum Gasteiger partial charge on any atom is 0.0729 e. The van der Waals surface area contributed by atoms with Gasteiger partial charge in [-0.1, -0.05) is 115 Å². The van der Waals surface area contributed by atoms with Gasteiger partial charge in [0, 0.05) is 0 Å². The van der Waals surface area contributed by atoms with Gasteiger partial charge in [-0.3, -0.25) is 0 Å². The molecule has 0 radical (unpaired) electrons. The first-order valence-electron chi connectivity index (χ1n) is 12.2. The van der Waals surface area contributed by atoms with Gasteiger partial charge in [0.25, 0.3) is 0 Å². The minimum atomic E-state index is -0.309. The van der Waals surface area contributed by atoms with E-state index in [1.165, 1.54) is 63.9 Å². The first-order valence-corrected chi connectivity index (χ1v) is 13.7. The highest BCUT2D eigenvalue weighted by atomic mass is 31.1. The fourth-order valence-corrected chi connectivity index (χ4v) is 6.48. The van der Waals surface area contributed by atoms with Gasteiger partial charge in [0.1, 0.15) is 0 Å². The molecule has 0 fully saturated rings. The molecule has 0 heterocycles. The predicted octanol–water partition coefficient (Wildman–Crippen LogP) is 8.93. The quantitative estimate of drug-likeness (QED) is 0.334. The third-order valence-electron chi connectivity index (χ3n) is 7.65. The molecule has 1 heteroatoms. The molecule has 0 bridgehead atoms. The Morgan fingerprint density at radius 3 is 1.71 bits per heavy atom. The molecule has 2 aliphatic carbocycles. The number of benzene rings is 3. The van der Waals surface area contributed by atoms with Crippen LogP contribution in [0, 0.1) is 0 Å². The number of allylic oxidation sites excluding steroid dienone is 3. The van der Waals surface area contributed by atoms with Crippen LogP contribution in [-0.2, 0) is 16.2 Å². The smallest absolute Gasteiger partial charge is 0.0729 e. The molecular formula is C33H35P. The van der Waals surface area contributed by atoms with Crippen LogP contribution >= 0.6 is 8.20 Å². The maximum atomic E-state index is 4.27. The summed E-state index contributed by atoms with van der Waals surface area (Å²) in [5, 5.41) is 0. The molecule has 1 spiro atoms. The summed E-state index contributed by atoms with van der Waals surface area (Å²) in [7, 11) is 1.26. The van der Waals surface area contributed by atoms with Gasteiger partial charge in [0.15, 0.2) is 0 Å². The van der Waals surface area contributed by atoms with Gasteiger partial charge in [-0.2, -0.15) is 0 Å². The molecule has 34 heavy (non-hydrogen) atoms. The van der Waals surface area contributed by atoms with E-state index in [1.54, 1.807) is 0 Å². The fourth-order valence-electron chi connectivity index (χ4n) is 5.89. The fraction of sp³-hybridized carbons (Fsp3) is 0.303. The molecule has 0 aromatic heterocycles. The van der Waals surface area contributed by atoms with Crippen molar-refractivity contribution in [3.8, 4) is 11.1 Å². The minimum absolute atomic E-state index is 0.0809. The van der Waals surface area contributed by atoms with E-state index in [2.05, 4.69) is 127 Å². The Balaban J connectivity index is 2.00. The number of rotatable bonds is 2. The molecule has 0 saturated heterocycles. The van der Waals surface area contributed by atoms with E-state index in [1.807, 2.05) is 0 Å². The average Bonchev–Trinajstić information content (AvgIpc) is 3.23. The minimum Gasteiger partial charge on any atom is -0.108 e. The number of hydrogen-bond donors (Lipinski definition) is 0. The predicted molar refractivity (Wildman–Crippen MR) is 152 cm³/mol. The topological polar surface area (TPSA) is 0 Å². The molecule has 0 atom stereocenters. The molecule has 0 nitrogen and oxygen atoms in total. The van der Waals surface area contributed by atoms with E-state index in [0.29, 0.717) is 0 Å². The van der Waals surface area contributed by atoms with E-state index >= 15 is 0 Å². The van der Waals surface area contributed by atoms with E-state index < -0.39 is 0 Å². The Morgan fingerprint density at radius 1 is 0.706 bits per heavy atom. The summed E-state index contributed by atoms with van der Waals surface area (Å²) >= 11 is 0. The first kappa shape index (κ1) is 23.1. The van der Waals surface area contributed by atoms with Crippen molar-refractivity contribution in [2.45, 2.75) is 57.8 Å². The SMILES string of the molecule is C=CC1=C(C=PC)C2(c3ccccc31)c1cc(C(C)(C)C)ccc1-c1ccc(C(C)(C)C)cc12. The highest BCUT2D eigenvalue weighted by Gasteiger charge is 2.52. The number of fused-ring (bicyclic) bond motifs is 7. The Bertz CT molecular complexity index is 1320. The van der Waals surface area contributed by atoms with Crippen LogP contribution in [0.15, 0.2) is 78.9 Å². The molecule has 0 unspecified atom stereocenters. The molecule has 0 amide bonds. The zero-order chi connectivity index (χ0) is 24.5. The van der Waals surface area contributed by atoms with Crippen LogP contribution in [0.3, 0.4) is 0 Å². The lowest BCUT2D eigenvalue weighted by molar-refractivity contribution is 0.586. The van der Waals surface area contributed by atoms with Gasteiger partial charge < -0.3 is 0 Å². The summed E-state index contributed by atoms with van der Waals surface area (Å²) < 4.78 is 0. The van der Waals surface area contributed by atoms with Gasteiger partial charge in [-0.25, -0.2) is 0 Å². The summed E-state index contributed by atoms with van der Waals surface area (Å²) in [4.78, 5) is 0. The zero-order valence-corrected chi connectivity index (χ0v) is 22.5. The molecule has 0 saturated carbocycles. The summed E-state index contributed by atoms with van der Waals surface area (Å²) in [5.41, 5.74) is 13.5. The zero-order valence-electron chi connectivity index (χ0n) is 21.6. The van der Waals surface area contributed by atoms with Crippen molar-refractivity contribution < 1.29 is 0 Å². The van der Waals surface area contributed by atoms with Crippen LogP contribution in [0.1, 0.15) is 74.9 Å². The third kappa shape index (κ3) is 3.08.